The average molecular weight is 391 g/mol. The number of hydrogen-bond donors (Lipinski definition) is 1. The first-order valence-electron chi connectivity index (χ1n) is 10.9. The van der Waals surface area contributed by atoms with Crippen LogP contribution in [0.2, 0.25) is 0 Å². The zero-order chi connectivity index (χ0) is 20.6. The standard InChI is InChI=1S/C24H38O4/c1-5-7-8-13-23(25)28-17-20-14-15-24(26,21(6-2)18(20)3)16-19-11-9-10-12-22(19)27-4/h9-12,18,20-21,26H,5-8,13-17H2,1-4H3. The average Bonchev–Trinajstić information content (AvgIpc) is 2.68. The molecule has 1 aromatic carbocycles. The van der Waals surface area contributed by atoms with Crippen molar-refractivity contribution in [2.75, 3.05) is 13.7 Å². The van der Waals surface area contributed by atoms with Gasteiger partial charge in [-0.25, -0.2) is 0 Å². The van der Waals surface area contributed by atoms with Crippen LogP contribution in [0.5, 0.6) is 5.75 Å². The summed E-state index contributed by atoms with van der Waals surface area (Å²) in [5, 5.41) is 11.5. The van der Waals surface area contributed by atoms with Crippen LogP contribution in [0.4, 0.5) is 0 Å². The van der Waals surface area contributed by atoms with Gasteiger partial charge in [0, 0.05) is 12.8 Å². The van der Waals surface area contributed by atoms with Gasteiger partial charge < -0.3 is 14.6 Å². The van der Waals surface area contributed by atoms with Crippen molar-refractivity contribution < 1.29 is 19.4 Å². The number of rotatable bonds is 10. The summed E-state index contributed by atoms with van der Waals surface area (Å²) in [6.45, 7) is 6.96. The molecule has 1 aliphatic carbocycles. The Hall–Kier alpha value is -1.55. The number of hydrogen-bond acceptors (Lipinski definition) is 4. The van der Waals surface area contributed by atoms with E-state index in [-0.39, 0.29) is 11.9 Å². The van der Waals surface area contributed by atoms with E-state index in [9.17, 15) is 9.90 Å². The maximum absolute atomic E-state index is 12.0. The van der Waals surface area contributed by atoms with Crippen LogP contribution in [0.1, 0.15) is 71.3 Å². The van der Waals surface area contributed by atoms with Gasteiger partial charge in [0.1, 0.15) is 5.75 Å². The first-order valence-corrected chi connectivity index (χ1v) is 10.9. The fourth-order valence-electron chi connectivity index (χ4n) is 4.88. The predicted octanol–water partition coefficient (Wildman–Crippen LogP) is 5.16. The molecule has 0 saturated heterocycles. The molecule has 0 spiro atoms. The zero-order valence-electron chi connectivity index (χ0n) is 18.1. The number of para-hydroxylation sites is 1. The molecule has 1 saturated carbocycles. The minimum Gasteiger partial charge on any atom is -0.496 e. The molecule has 1 fully saturated rings. The largest absolute Gasteiger partial charge is 0.496 e. The molecule has 0 amide bonds. The second-order valence-electron chi connectivity index (χ2n) is 8.40. The van der Waals surface area contributed by atoms with Crippen molar-refractivity contribution in [1.82, 2.24) is 0 Å². The van der Waals surface area contributed by atoms with Crippen molar-refractivity contribution in [3.8, 4) is 5.75 Å². The molecule has 4 heteroatoms. The van der Waals surface area contributed by atoms with E-state index in [1.54, 1.807) is 7.11 Å². The summed E-state index contributed by atoms with van der Waals surface area (Å²) < 4.78 is 11.1. The smallest absolute Gasteiger partial charge is 0.305 e. The van der Waals surface area contributed by atoms with E-state index in [0.29, 0.717) is 31.3 Å². The molecule has 4 nitrogen and oxygen atoms in total. The Morgan fingerprint density at radius 3 is 2.68 bits per heavy atom. The highest BCUT2D eigenvalue weighted by atomic mass is 16.5. The molecular weight excluding hydrogens is 352 g/mol. The Balaban J connectivity index is 1.99. The van der Waals surface area contributed by atoms with Crippen LogP contribution >= 0.6 is 0 Å². The molecule has 4 unspecified atom stereocenters. The van der Waals surface area contributed by atoms with Gasteiger partial charge in [-0.05, 0) is 48.6 Å². The fourth-order valence-corrected chi connectivity index (χ4v) is 4.88. The third-order valence-electron chi connectivity index (χ3n) is 6.59. The second kappa shape index (κ2) is 10.8. The summed E-state index contributed by atoms with van der Waals surface area (Å²) in [5.74, 6) is 1.56. The van der Waals surface area contributed by atoms with Crippen molar-refractivity contribution in [1.29, 1.82) is 0 Å². The molecule has 4 atom stereocenters. The van der Waals surface area contributed by atoms with Crippen molar-refractivity contribution in [2.24, 2.45) is 17.8 Å². The van der Waals surface area contributed by atoms with Gasteiger partial charge in [0.15, 0.2) is 0 Å². The fraction of sp³-hybridized carbons (Fsp3) is 0.708. The Labute approximate surface area is 170 Å². The molecule has 0 heterocycles. The molecule has 28 heavy (non-hydrogen) atoms. The van der Waals surface area contributed by atoms with Crippen LogP contribution < -0.4 is 4.74 Å². The van der Waals surface area contributed by atoms with Crippen LogP contribution in [0.15, 0.2) is 24.3 Å². The molecule has 0 bridgehead atoms. The van der Waals surface area contributed by atoms with E-state index in [1.165, 1.54) is 0 Å². The second-order valence-corrected chi connectivity index (χ2v) is 8.40. The molecule has 1 N–H and O–H groups in total. The van der Waals surface area contributed by atoms with Crippen molar-refractivity contribution in [3.05, 3.63) is 29.8 Å². The lowest BCUT2D eigenvalue weighted by molar-refractivity contribution is -0.149. The topological polar surface area (TPSA) is 55.8 Å². The van der Waals surface area contributed by atoms with Gasteiger partial charge in [0.05, 0.1) is 19.3 Å². The van der Waals surface area contributed by atoms with Gasteiger partial charge in [-0.1, -0.05) is 58.2 Å². The van der Waals surface area contributed by atoms with Crippen LogP contribution in [-0.4, -0.2) is 30.4 Å². The van der Waals surface area contributed by atoms with Crippen molar-refractivity contribution in [3.63, 3.8) is 0 Å². The highest BCUT2D eigenvalue weighted by molar-refractivity contribution is 5.69. The first kappa shape index (κ1) is 22.7. The molecule has 2 rings (SSSR count). The Morgan fingerprint density at radius 2 is 2.00 bits per heavy atom. The normalized spacial score (nSPS) is 27.4. The quantitative estimate of drug-likeness (QED) is 0.443. The zero-order valence-corrected chi connectivity index (χ0v) is 18.1. The van der Waals surface area contributed by atoms with E-state index in [1.807, 2.05) is 24.3 Å². The van der Waals surface area contributed by atoms with E-state index >= 15 is 0 Å². The highest BCUT2D eigenvalue weighted by Crippen LogP contribution is 2.45. The van der Waals surface area contributed by atoms with E-state index < -0.39 is 5.60 Å². The molecule has 1 aliphatic rings. The molecule has 1 aromatic rings. The predicted molar refractivity (Wildman–Crippen MR) is 112 cm³/mol. The summed E-state index contributed by atoms with van der Waals surface area (Å²) in [5.41, 5.74) is 0.309. The molecule has 0 radical (unpaired) electrons. The number of esters is 1. The lowest BCUT2D eigenvalue weighted by atomic mass is 9.62. The van der Waals surface area contributed by atoms with Gasteiger partial charge >= 0.3 is 5.97 Å². The van der Waals surface area contributed by atoms with Gasteiger partial charge in [0.2, 0.25) is 0 Å². The van der Waals surface area contributed by atoms with Crippen LogP contribution in [0, 0.1) is 17.8 Å². The van der Waals surface area contributed by atoms with E-state index in [0.717, 1.165) is 49.8 Å². The van der Waals surface area contributed by atoms with E-state index in [2.05, 4.69) is 20.8 Å². The van der Waals surface area contributed by atoms with Crippen LogP contribution in [0.25, 0.3) is 0 Å². The summed E-state index contributed by atoms with van der Waals surface area (Å²) >= 11 is 0. The minimum absolute atomic E-state index is 0.0800. The molecular formula is C24H38O4. The maximum Gasteiger partial charge on any atom is 0.305 e. The number of methoxy groups -OCH3 is 1. The monoisotopic (exact) mass is 390 g/mol. The van der Waals surface area contributed by atoms with Gasteiger partial charge in [0.25, 0.3) is 0 Å². The third kappa shape index (κ3) is 5.73. The summed E-state index contributed by atoms with van der Waals surface area (Å²) in [6.07, 6.45) is 6.73. The number of carbonyl (C=O) groups is 1. The summed E-state index contributed by atoms with van der Waals surface area (Å²) in [4.78, 5) is 12.0. The molecule has 158 valence electrons. The lowest BCUT2D eigenvalue weighted by Crippen LogP contribution is -2.49. The van der Waals surface area contributed by atoms with Crippen molar-refractivity contribution >= 4 is 5.97 Å². The Bertz CT molecular complexity index is 614. The number of unbranched alkanes of at least 4 members (excludes halogenated alkanes) is 2. The third-order valence-corrected chi connectivity index (χ3v) is 6.59. The molecule has 0 aromatic heterocycles. The minimum atomic E-state index is -0.746. The number of ether oxygens (including phenoxy) is 2. The van der Waals surface area contributed by atoms with Crippen LogP contribution in [0.3, 0.4) is 0 Å². The summed E-state index contributed by atoms with van der Waals surface area (Å²) in [6, 6.07) is 7.94. The number of benzene rings is 1. The highest BCUT2D eigenvalue weighted by Gasteiger charge is 2.46. The first-order chi connectivity index (χ1) is 13.4. The maximum atomic E-state index is 12.0. The lowest BCUT2D eigenvalue weighted by Gasteiger charge is -2.47. The van der Waals surface area contributed by atoms with E-state index in [4.69, 9.17) is 9.47 Å². The molecule has 0 aliphatic heterocycles. The number of carbonyl (C=O) groups excluding carboxylic acids is 1. The Kier molecular flexibility index (Phi) is 8.81. The van der Waals surface area contributed by atoms with Crippen molar-refractivity contribution in [2.45, 2.75) is 77.7 Å². The van der Waals surface area contributed by atoms with Gasteiger partial charge in [-0.3, -0.25) is 4.79 Å². The summed E-state index contributed by atoms with van der Waals surface area (Å²) in [7, 11) is 1.68. The Morgan fingerprint density at radius 1 is 1.25 bits per heavy atom. The van der Waals surface area contributed by atoms with Gasteiger partial charge in [-0.15, -0.1) is 0 Å². The van der Waals surface area contributed by atoms with Gasteiger partial charge in [-0.2, -0.15) is 0 Å². The SMILES string of the molecule is CCCCCC(=O)OCC1CCC(O)(Cc2ccccc2OC)C(CC)C1C. The number of aliphatic hydroxyl groups is 1. The van der Waals surface area contributed by atoms with Crippen LogP contribution in [-0.2, 0) is 16.0 Å².